The number of rotatable bonds is 6. The van der Waals surface area contributed by atoms with E-state index in [1.165, 1.54) is 6.42 Å². The predicted molar refractivity (Wildman–Crippen MR) is 73.7 cm³/mol. The van der Waals surface area contributed by atoms with Crippen LogP contribution in [0.5, 0.6) is 0 Å². The van der Waals surface area contributed by atoms with E-state index in [2.05, 4.69) is 17.6 Å². The van der Waals surface area contributed by atoms with Crippen LogP contribution < -0.4 is 10.6 Å². The molecule has 5 heteroatoms. The molecule has 0 aromatic heterocycles. The van der Waals surface area contributed by atoms with Gasteiger partial charge >= 0.3 is 11.8 Å². The number of carbonyl (C=O) groups excluding carboxylic acids is 2. The van der Waals surface area contributed by atoms with Crippen molar-refractivity contribution in [1.82, 2.24) is 10.6 Å². The Labute approximate surface area is 115 Å². The molecule has 1 aliphatic rings. The standard InChI is InChI=1S/C14H26N2O3/c1-3-11-5-7-12(8-6-11)16-14(18)13(17)15-9-4-10-19-2/h11-12H,3-10H2,1-2H3,(H,15,17)(H,16,18). The summed E-state index contributed by atoms with van der Waals surface area (Å²) < 4.78 is 4.87. The van der Waals surface area contributed by atoms with Gasteiger partial charge in [0, 0.05) is 26.3 Å². The molecule has 0 spiro atoms. The summed E-state index contributed by atoms with van der Waals surface area (Å²) in [5.74, 6) is -0.248. The van der Waals surface area contributed by atoms with Crippen LogP contribution in [0.4, 0.5) is 0 Å². The quantitative estimate of drug-likeness (QED) is 0.563. The van der Waals surface area contributed by atoms with Gasteiger partial charge in [-0.3, -0.25) is 9.59 Å². The minimum atomic E-state index is -0.534. The zero-order chi connectivity index (χ0) is 14.1. The van der Waals surface area contributed by atoms with Gasteiger partial charge in [-0.25, -0.2) is 0 Å². The highest BCUT2D eigenvalue weighted by Gasteiger charge is 2.23. The Bertz CT molecular complexity index is 286. The Morgan fingerprint density at radius 2 is 1.84 bits per heavy atom. The lowest BCUT2D eigenvalue weighted by Crippen LogP contribution is -2.46. The first-order valence-corrected chi connectivity index (χ1v) is 7.25. The maximum atomic E-state index is 11.7. The van der Waals surface area contributed by atoms with Crippen molar-refractivity contribution in [2.75, 3.05) is 20.3 Å². The van der Waals surface area contributed by atoms with Gasteiger partial charge in [0.15, 0.2) is 0 Å². The van der Waals surface area contributed by atoms with Gasteiger partial charge in [-0.2, -0.15) is 0 Å². The van der Waals surface area contributed by atoms with E-state index in [4.69, 9.17) is 4.74 Å². The average molecular weight is 270 g/mol. The van der Waals surface area contributed by atoms with Gasteiger partial charge in [-0.15, -0.1) is 0 Å². The van der Waals surface area contributed by atoms with Crippen molar-refractivity contribution in [2.24, 2.45) is 5.92 Å². The van der Waals surface area contributed by atoms with E-state index in [0.29, 0.717) is 13.2 Å². The molecule has 110 valence electrons. The van der Waals surface area contributed by atoms with Gasteiger partial charge in [-0.1, -0.05) is 13.3 Å². The second-order valence-electron chi connectivity index (χ2n) is 5.20. The van der Waals surface area contributed by atoms with E-state index in [1.54, 1.807) is 7.11 Å². The highest BCUT2D eigenvalue weighted by Crippen LogP contribution is 2.26. The molecule has 1 fully saturated rings. The van der Waals surface area contributed by atoms with Crippen molar-refractivity contribution in [2.45, 2.75) is 51.5 Å². The van der Waals surface area contributed by atoms with Gasteiger partial charge in [0.25, 0.3) is 0 Å². The number of methoxy groups -OCH3 is 1. The second kappa shape index (κ2) is 8.91. The normalized spacial score (nSPS) is 22.8. The molecule has 2 amide bonds. The molecule has 0 saturated heterocycles. The summed E-state index contributed by atoms with van der Waals surface area (Å²) >= 11 is 0. The van der Waals surface area contributed by atoms with Crippen LogP contribution in [0.25, 0.3) is 0 Å². The fourth-order valence-electron chi connectivity index (χ4n) is 2.46. The second-order valence-corrected chi connectivity index (χ2v) is 5.20. The summed E-state index contributed by atoms with van der Waals surface area (Å²) in [4.78, 5) is 23.2. The topological polar surface area (TPSA) is 67.4 Å². The summed E-state index contributed by atoms with van der Waals surface area (Å²) in [6.07, 6.45) is 6.20. The Morgan fingerprint density at radius 1 is 1.16 bits per heavy atom. The molecule has 5 nitrogen and oxygen atoms in total. The largest absolute Gasteiger partial charge is 0.385 e. The van der Waals surface area contributed by atoms with Gasteiger partial charge in [0.2, 0.25) is 0 Å². The molecule has 0 unspecified atom stereocenters. The van der Waals surface area contributed by atoms with Crippen LogP contribution in [-0.4, -0.2) is 38.1 Å². The Morgan fingerprint density at radius 3 is 2.42 bits per heavy atom. The van der Waals surface area contributed by atoms with E-state index in [0.717, 1.165) is 38.0 Å². The van der Waals surface area contributed by atoms with Crippen molar-refractivity contribution in [3.05, 3.63) is 0 Å². The maximum absolute atomic E-state index is 11.7. The molecule has 0 heterocycles. The summed E-state index contributed by atoms with van der Waals surface area (Å²) in [5, 5.41) is 5.42. The van der Waals surface area contributed by atoms with Crippen LogP contribution in [0.2, 0.25) is 0 Å². The van der Waals surface area contributed by atoms with E-state index >= 15 is 0 Å². The lowest BCUT2D eigenvalue weighted by atomic mass is 9.84. The molecule has 0 bridgehead atoms. The van der Waals surface area contributed by atoms with E-state index in [9.17, 15) is 9.59 Å². The molecule has 1 aliphatic carbocycles. The zero-order valence-electron chi connectivity index (χ0n) is 12.0. The number of ether oxygens (including phenoxy) is 1. The smallest absolute Gasteiger partial charge is 0.309 e. The van der Waals surface area contributed by atoms with Crippen LogP contribution in [-0.2, 0) is 14.3 Å². The fourth-order valence-corrected chi connectivity index (χ4v) is 2.46. The van der Waals surface area contributed by atoms with Crippen molar-refractivity contribution in [3.8, 4) is 0 Å². The molecule has 1 saturated carbocycles. The van der Waals surface area contributed by atoms with E-state index in [1.807, 2.05) is 0 Å². The minimum absolute atomic E-state index is 0.167. The minimum Gasteiger partial charge on any atom is -0.385 e. The van der Waals surface area contributed by atoms with Crippen LogP contribution in [0, 0.1) is 5.92 Å². The van der Waals surface area contributed by atoms with E-state index in [-0.39, 0.29) is 6.04 Å². The highest BCUT2D eigenvalue weighted by atomic mass is 16.5. The average Bonchev–Trinajstić information content (AvgIpc) is 2.44. The molecule has 2 N–H and O–H groups in total. The number of nitrogens with one attached hydrogen (secondary N) is 2. The third-order valence-corrected chi connectivity index (χ3v) is 3.78. The third-order valence-electron chi connectivity index (χ3n) is 3.78. The van der Waals surface area contributed by atoms with Gasteiger partial charge in [-0.05, 0) is 38.0 Å². The molecule has 1 rings (SSSR count). The molecule has 19 heavy (non-hydrogen) atoms. The molecule has 0 atom stereocenters. The summed E-state index contributed by atoms with van der Waals surface area (Å²) in [7, 11) is 1.61. The lowest BCUT2D eigenvalue weighted by Gasteiger charge is -2.28. The van der Waals surface area contributed by atoms with Crippen LogP contribution in [0.1, 0.15) is 45.4 Å². The molecule has 0 aromatic rings. The van der Waals surface area contributed by atoms with Crippen molar-refractivity contribution in [1.29, 1.82) is 0 Å². The summed E-state index contributed by atoms with van der Waals surface area (Å²) in [6.45, 7) is 3.27. The van der Waals surface area contributed by atoms with Crippen LogP contribution in [0.15, 0.2) is 0 Å². The van der Waals surface area contributed by atoms with Crippen molar-refractivity contribution >= 4 is 11.8 Å². The molecule has 0 radical (unpaired) electrons. The van der Waals surface area contributed by atoms with Crippen molar-refractivity contribution < 1.29 is 14.3 Å². The molecule has 0 aliphatic heterocycles. The van der Waals surface area contributed by atoms with Crippen LogP contribution in [0.3, 0.4) is 0 Å². The van der Waals surface area contributed by atoms with Crippen molar-refractivity contribution in [3.63, 3.8) is 0 Å². The third kappa shape index (κ3) is 6.05. The summed E-state index contributed by atoms with van der Waals surface area (Å²) in [5.41, 5.74) is 0. The van der Waals surface area contributed by atoms with Gasteiger partial charge in [0.05, 0.1) is 0 Å². The number of amides is 2. The highest BCUT2D eigenvalue weighted by molar-refractivity contribution is 6.35. The fraction of sp³-hybridized carbons (Fsp3) is 0.857. The van der Waals surface area contributed by atoms with Gasteiger partial charge in [0.1, 0.15) is 0 Å². The first kappa shape index (κ1) is 16.0. The maximum Gasteiger partial charge on any atom is 0.309 e. The zero-order valence-corrected chi connectivity index (χ0v) is 12.0. The Balaban J connectivity index is 2.17. The first-order chi connectivity index (χ1) is 9.17. The number of carbonyl (C=O) groups is 2. The molecule has 0 aromatic carbocycles. The Hall–Kier alpha value is -1.10. The summed E-state index contributed by atoms with van der Waals surface area (Å²) in [6, 6.07) is 0.167. The lowest BCUT2D eigenvalue weighted by molar-refractivity contribution is -0.139. The van der Waals surface area contributed by atoms with Crippen LogP contribution >= 0.6 is 0 Å². The number of hydrogen-bond acceptors (Lipinski definition) is 3. The van der Waals surface area contributed by atoms with E-state index < -0.39 is 11.8 Å². The Kier molecular flexibility index (Phi) is 7.48. The molecular weight excluding hydrogens is 244 g/mol. The molecular formula is C14H26N2O3. The van der Waals surface area contributed by atoms with Gasteiger partial charge < -0.3 is 15.4 Å². The number of hydrogen-bond donors (Lipinski definition) is 2. The SMILES string of the molecule is CCC1CCC(NC(=O)C(=O)NCCCOC)CC1. The first-order valence-electron chi connectivity index (χ1n) is 7.25. The monoisotopic (exact) mass is 270 g/mol. The predicted octanol–water partition coefficient (Wildman–Crippen LogP) is 1.22.